The van der Waals surface area contributed by atoms with Gasteiger partial charge in [0.05, 0.1) is 5.60 Å². The minimum Gasteiger partial charge on any atom is -0.405 e. The third-order valence-corrected chi connectivity index (χ3v) is 3.54. The highest BCUT2D eigenvalue weighted by Crippen LogP contribution is 2.39. The van der Waals surface area contributed by atoms with E-state index in [-0.39, 0.29) is 5.56 Å². The first-order chi connectivity index (χ1) is 9.29. The fourth-order valence-corrected chi connectivity index (χ4v) is 2.24. The van der Waals surface area contributed by atoms with Crippen LogP contribution in [0, 0.1) is 0 Å². The molecule has 6 heteroatoms. The van der Waals surface area contributed by atoms with Crippen molar-refractivity contribution in [3.63, 3.8) is 0 Å². The topological polar surface area (TPSA) is 38.7 Å². The van der Waals surface area contributed by atoms with Gasteiger partial charge in [-0.05, 0) is 18.9 Å². The first-order valence-corrected chi connectivity index (χ1v) is 6.37. The van der Waals surface area contributed by atoms with Crippen LogP contribution in [0.4, 0.5) is 13.2 Å². The molecule has 0 aromatic heterocycles. The molecule has 114 valence electrons. The predicted molar refractivity (Wildman–Crippen MR) is 68.4 cm³/mol. The summed E-state index contributed by atoms with van der Waals surface area (Å²) in [6, 6.07) is 5.56. The summed E-state index contributed by atoms with van der Waals surface area (Å²) in [5.74, 6) is -0.407. The second-order valence-electron chi connectivity index (χ2n) is 4.46. The third kappa shape index (κ3) is 3.64. The summed E-state index contributed by atoms with van der Waals surface area (Å²) in [6.07, 6.45) is -5.09. The lowest BCUT2D eigenvalue weighted by Crippen LogP contribution is -2.37. The molecule has 0 heterocycles. The Morgan fingerprint density at radius 3 is 2.15 bits per heavy atom. The van der Waals surface area contributed by atoms with Crippen LogP contribution in [0.2, 0.25) is 0 Å². The maximum absolute atomic E-state index is 12.4. The second-order valence-corrected chi connectivity index (χ2v) is 4.46. The summed E-state index contributed by atoms with van der Waals surface area (Å²) in [6.45, 7) is 3.62. The summed E-state index contributed by atoms with van der Waals surface area (Å²) in [7, 11) is 1.43. The van der Waals surface area contributed by atoms with Crippen LogP contribution in [0.3, 0.4) is 0 Å². The van der Waals surface area contributed by atoms with Crippen LogP contribution in [-0.2, 0) is 4.74 Å². The molecule has 1 unspecified atom stereocenters. The number of aliphatic hydroxyl groups excluding tert-OH is 1. The van der Waals surface area contributed by atoms with Crippen LogP contribution in [0.25, 0.3) is 0 Å². The van der Waals surface area contributed by atoms with Gasteiger partial charge in [0.2, 0.25) is 0 Å². The van der Waals surface area contributed by atoms with Crippen molar-refractivity contribution in [1.82, 2.24) is 0 Å². The fourth-order valence-electron chi connectivity index (χ4n) is 2.24. The smallest absolute Gasteiger partial charge is 0.405 e. The molecule has 0 amide bonds. The monoisotopic (exact) mass is 292 g/mol. The highest BCUT2D eigenvalue weighted by molar-refractivity contribution is 5.36. The summed E-state index contributed by atoms with van der Waals surface area (Å²) >= 11 is 0. The molecular weight excluding hydrogens is 273 g/mol. The number of methoxy groups -OCH3 is 1. The number of ether oxygens (including phenoxy) is 2. The maximum atomic E-state index is 12.4. The first-order valence-electron chi connectivity index (χ1n) is 6.37. The lowest BCUT2D eigenvalue weighted by molar-refractivity contribution is -0.275. The van der Waals surface area contributed by atoms with Crippen LogP contribution in [0.1, 0.15) is 38.4 Å². The summed E-state index contributed by atoms with van der Waals surface area (Å²) in [4.78, 5) is 0. The first kappa shape index (κ1) is 16.8. The normalized spacial score (nSPS) is 14.2. The van der Waals surface area contributed by atoms with Crippen molar-refractivity contribution in [3.8, 4) is 5.75 Å². The van der Waals surface area contributed by atoms with Crippen molar-refractivity contribution >= 4 is 0 Å². The van der Waals surface area contributed by atoms with Gasteiger partial charge in [0.1, 0.15) is 11.9 Å². The van der Waals surface area contributed by atoms with E-state index in [9.17, 15) is 18.3 Å². The maximum Gasteiger partial charge on any atom is 0.573 e. The highest BCUT2D eigenvalue weighted by Gasteiger charge is 2.39. The number of hydrogen-bond donors (Lipinski definition) is 1. The molecule has 0 aliphatic heterocycles. The quantitative estimate of drug-likeness (QED) is 0.866. The van der Waals surface area contributed by atoms with Gasteiger partial charge < -0.3 is 14.6 Å². The van der Waals surface area contributed by atoms with E-state index in [1.54, 1.807) is 6.07 Å². The van der Waals surface area contributed by atoms with Crippen molar-refractivity contribution < 1.29 is 27.8 Å². The molecule has 0 spiro atoms. The van der Waals surface area contributed by atoms with Gasteiger partial charge in [-0.15, -0.1) is 13.2 Å². The van der Waals surface area contributed by atoms with Crippen molar-refractivity contribution in [2.24, 2.45) is 0 Å². The summed E-state index contributed by atoms with van der Waals surface area (Å²) < 4.78 is 46.5. The van der Waals surface area contributed by atoms with Crippen LogP contribution in [0.15, 0.2) is 24.3 Å². The molecule has 0 fully saturated rings. The van der Waals surface area contributed by atoms with E-state index in [0.717, 1.165) is 0 Å². The van der Waals surface area contributed by atoms with Gasteiger partial charge in [-0.25, -0.2) is 0 Å². The number of halogens is 3. The molecule has 1 N–H and O–H groups in total. The van der Waals surface area contributed by atoms with E-state index in [0.29, 0.717) is 12.8 Å². The predicted octanol–water partition coefficient (Wildman–Crippen LogP) is 3.82. The highest BCUT2D eigenvalue weighted by atomic mass is 19.4. The van der Waals surface area contributed by atoms with Crippen molar-refractivity contribution in [2.75, 3.05) is 7.11 Å². The number of hydrogen-bond acceptors (Lipinski definition) is 3. The zero-order valence-electron chi connectivity index (χ0n) is 11.7. The van der Waals surface area contributed by atoms with Gasteiger partial charge in [0.25, 0.3) is 0 Å². The Morgan fingerprint density at radius 1 is 1.15 bits per heavy atom. The van der Waals surface area contributed by atoms with Crippen molar-refractivity contribution in [1.29, 1.82) is 0 Å². The minimum atomic E-state index is -4.80. The molecule has 0 bridgehead atoms. The van der Waals surface area contributed by atoms with Crippen molar-refractivity contribution in [3.05, 3.63) is 29.8 Å². The molecule has 0 saturated heterocycles. The zero-order valence-corrected chi connectivity index (χ0v) is 11.7. The third-order valence-electron chi connectivity index (χ3n) is 3.54. The van der Waals surface area contributed by atoms with Gasteiger partial charge in [0, 0.05) is 12.7 Å². The van der Waals surface area contributed by atoms with E-state index in [2.05, 4.69) is 4.74 Å². The van der Waals surface area contributed by atoms with Gasteiger partial charge in [-0.1, -0.05) is 32.0 Å². The van der Waals surface area contributed by atoms with E-state index in [1.807, 2.05) is 13.8 Å². The van der Waals surface area contributed by atoms with E-state index >= 15 is 0 Å². The van der Waals surface area contributed by atoms with E-state index in [1.165, 1.54) is 25.3 Å². The standard InChI is InChI=1S/C14H19F3O3/c1-4-13(5-2,19-3)12(18)10-8-6-7-9-11(10)20-14(15,16)17/h6-9,12,18H,4-5H2,1-3H3. The average Bonchev–Trinajstić information content (AvgIpc) is 2.40. The minimum absolute atomic E-state index is 0.0652. The molecule has 3 nitrogen and oxygen atoms in total. The Kier molecular flexibility index (Phi) is 5.42. The van der Waals surface area contributed by atoms with Gasteiger partial charge in [0.15, 0.2) is 0 Å². The average molecular weight is 292 g/mol. The Hall–Kier alpha value is -1.27. The molecule has 1 aromatic rings. The second kappa shape index (κ2) is 6.45. The Balaban J connectivity index is 3.18. The van der Waals surface area contributed by atoms with E-state index < -0.39 is 23.8 Å². The molecular formula is C14H19F3O3. The number of benzene rings is 1. The number of rotatable bonds is 6. The zero-order chi connectivity index (χ0) is 15.4. The Bertz CT molecular complexity index is 420. The molecule has 0 saturated carbocycles. The number of para-hydroxylation sites is 1. The molecule has 0 aliphatic carbocycles. The van der Waals surface area contributed by atoms with Crippen LogP contribution in [0.5, 0.6) is 5.75 Å². The summed E-state index contributed by atoms with van der Waals surface area (Å²) in [5, 5.41) is 10.4. The molecule has 0 aliphatic rings. The lowest BCUT2D eigenvalue weighted by Gasteiger charge is -2.36. The van der Waals surface area contributed by atoms with Gasteiger partial charge in [-0.2, -0.15) is 0 Å². The van der Waals surface area contributed by atoms with Gasteiger partial charge >= 0.3 is 6.36 Å². The summed E-state index contributed by atoms with van der Waals surface area (Å²) in [5.41, 5.74) is -0.874. The van der Waals surface area contributed by atoms with Gasteiger partial charge in [-0.3, -0.25) is 0 Å². The molecule has 1 aromatic carbocycles. The molecule has 20 heavy (non-hydrogen) atoms. The number of alkyl halides is 3. The van der Waals surface area contributed by atoms with Crippen LogP contribution in [-0.4, -0.2) is 24.2 Å². The lowest BCUT2D eigenvalue weighted by atomic mass is 9.85. The largest absolute Gasteiger partial charge is 0.573 e. The number of aliphatic hydroxyl groups is 1. The Labute approximate surface area is 116 Å². The molecule has 1 atom stereocenters. The van der Waals surface area contributed by atoms with Crippen LogP contribution >= 0.6 is 0 Å². The van der Waals surface area contributed by atoms with Crippen LogP contribution < -0.4 is 4.74 Å². The molecule has 1 rings (SSSR count). The van der Waals surface area contributed by atoms with Crippen molar-refractivity contribution in [2.45, 2.75) is 44.8 Å². The van der Waals surface area contributed by atoms with E-state index in [4.69, 9.17) is 4.74 Å². The molecule has 0 radical (unpaired) electrons. The SMILES string of the molecule is CCC(CC)(OC)C(O)c1ccccc1OC(F)(F)F. The Morgan fingerprint density at radius 2 is 1.70 bits per heavy atom. The fraction of sp³-hybridized carbons (Fsp3) is 0.571.